The van der Waals surface area contributed by atoms with Crippen molar-refractivity contribution < 1.29 is 18.7 Å². The molecule has 1 N–H and O–H groups in total. The topological polar surface area (TPSA) is 56.8 Å². The molecule has 1 aliphatic heterocycles. The van der Waals surface area contributed by atoms with Crippen LogP contribution in [0.3, 0.4) is 0 Å². The van der Waals surface area contributed by atoms with Gasteiger partial charge in [0.1, 0.15) is 6.10 Å². The van der Waals surface area contributed by atoms with Gasteiger partial charge in [-0.3, -0.25) is 4.79 Å². The third-order valence-corrected chi connectivity index (χ3v) is 14.2. The van der Waals surface area contributed by atoms with E-state index in [-0.39, 0.29) is 29.2 Å². The predicted octanol–water partition coefficient (Wildman–Crippen LogP) is 8.68. The molecule has 1 saturated heterocycles. The average Bonchev–Trinajstić information content (AvgIpc) is 3.31. The van der Waals surface area contributed by atoms with Crippen molar-refractivity contribution in [1.82, 2.24) is 5.32 Å². The smallest absolute Gasteiger partial charge is 0.261 e. The normalized spacial score (nSPS) is 19.0. The van der Waals surface area contributed by atoms with Gasteiger partial charge in [0, 0.05) is 6.92 Å². The highest BCUT2D eigenvalue weighted by molar-refractivity contribution is 6.99. The van der Waals surface area contributed by atoms with E-state index in [2.05, 4.69) is 93.7 Å². The number of nitrogens with one attached hydrogen (secondary N) is 1. The molecule has 0 bridgehead atoms. The number of carbonyl (C=O) groups excluding carboxylic acids is 1. The van der Waals surface area contributed by atoms with Gasteiger partial charge >= 0.3 is 0 Å². The van der Waals surface area contributed by atoms with Crippen LogP contribution in [-0.4, -0.2) is 44.9 Å². The van der Waals surface area contributed by atoms with Crippen molar-refractivity contribution >= 4 is 24.6 Å². The molecule has 0 spiro atoms. The molecule has 3 rings (SSSR count). The summed E-state index contributed by atoms with van der Waals surface area (Å²) in [4.78, 5) is 12.6. The van der Waals surface area contributed by atoms with E-state index in [0.29, 0.717) is 6.61 Å². The maximum absolute atomic E-state index is 12.6. The summed E-state index contributed by atoms with van der Waals surface area (Å²) in [6.07, 6.45) is 16.4. The molecular formula is C39H63NO4Si. The van der Waals surface area contributed by atoms with Gasteiger partial charge in [-0.15, -0.1) is 0 Å². The van der Waals surface area contributed by atoms with Gasteiger partial charge in [0.25, 0.3) is 8.32 Å². The number of carbonyl (C=O) groups is 1. The molecule has 0 aromatic heterocycles. The van der Waals surface area contributed by atoms with Crippen LogP contribution in [-0.2, 0) is 18.7 Å². The molecule has 1 aliphatic rings. The largest absolute Gasteiger partial charge is 0.405 e. The van der Waals surface area contributed by atoms with Crippen molar-refractivity contribution in [2.24, 2.45) is 0 Å². The van der Waals surface area contributed by atoms with E-state index in [1.807, 2.05) is 13.8 Å². The Balaban J connectivity index is 1.67. The average molecular weight is 638 g/mol. The lowest BCUT2D eigenvalue weighted by atomic mass is 9.99. The highest BCUT2D eigenvalue weighted by atomic mass is 28.4. The molecule has 0 unspecified atom stereocenters. The maximum atomic E-state index is 12.6. The fourth-order valence-electron chi connectivity index (χ4n) is 7.07. The predicted molar refractivity (Wildman–Crippen MR) is 191 cm³/mol. The van der Waals surface area contributed by atoms with Crippen molar-refractivity contribution in [3.8, 4) is 0 Å². The quantitative estimate of drug-likeness (QED) is 0.117. The van der Waals surface area contributed by atoms with Gasteiger partial charge in [-0.1, -0.05) is 165 Å². The molecule has 3 atom stereocenters. The molecule has 2 aromatic rings. The molecule has 6 heteroatoms. The molecule has 0 aliphatic carbocycles. The van der Waals surface area contributed by atoms with E-state index < -0.39 is 14.1 Å². The summed E-state index contributed by atoms with van der Waals surface area (Å²) in [5, 5.41) is 5.51. The van der Waals surface area contributed by atoms with Gasteiger partial charge in [-0.2, -0.15) is 0 Å². The molecule has 0 saturated carbocycles. The summed E-state index contributed by atoms with van der Waals surface area (Å²) in [6, 6.07) is 21.0. The second kappa shape index (κ2) is 18.4. The first-order valence-electron chi connectivity index (χ1n) is 17.9. The zero-order valence-electron chi connectivity index (χ0n) is 29.5. The monoisotopic (exact) mass is 637 g/mol. The van der Waals surface area contributed by atoms with E-state index in [1.54, 1.807) is 6.92 Å². The van der Waals surface area contributed by atoms with Crippen molar-refractivity contribution in [2.45, 2.75) is 161 Å². The van der Waals surface area contributed by atoms with Crippen molar-refractivity contribution in [3.63, 3.8) is 0 Å². The van der Waals surface area contributed by atoms with Crippen LogP contribution in [0.15, 0.2) is 60.7 Å². The van der Waals surface area contributed by atoms with E-state index in [1.165, 1.54) is 81.0 Å². The summed E-state index contributed by atoms with van der Waals surface area (Å²) in [5.74, 6) is -0.788. The summed E-state index contributed by atoms with van der Waals surface area (Å²) >= 11 is 0. The van der Waals surface area contributed by atoms with Gasteiger partial charge in [-0.25, -0.2) is 0 Å². The maximum Gasteiger partial charge on any atom is 0.261 e. The molecule has 1 fully saturated rings. The molecule has 252 valence electrons. The lowest BCUT2D eigenvalue weighted by Gasteiger charge is -2.44. The number of unbranched alkanes of at least 4 members (excludes halogenated alkanes) is 11. The zero-order chi connectivity index (χ0) is 32.8. The Bertz CT molecular complexity index is 1060. The molecule has 0 radical (unpaired) electrons. The van der Waals surface area contributed by atoms with Crippen LogP contribution in [0.2, 0.25) is 5.04 Å². The number of hydrogen-bond acceptors (Lipinski definition) is 4. The van der Waals surface area contributed by atoms with Crippen LogP contribution in [0, 0.1) is 0 Å². The van der Waals surface area contributed by atoms with Crippen molar-refractivity contribution in [3.05, 3.63) is 60.7 Å². The van der Waals surface area contributed by atoms with Crippen LogP contribution in [0.4, 0.5) is 0 Å². The summed E-state index contributed by atoms with van der Waals surface area (Å²) in [5.41, 5.74) is 0. The molecule has 1 heterocycles. The first-order valence-corrected chi connectivity index (χ1v) is 19.8. The SMILES string of the molecule is CCCCCCCCCCCCCC[C@H]1OC(C)(C)O[C@H]1[C@H](CO[Si](c1ccccc1)(c1ccccc1)C(C)(C)C)NC(C)=O. The Morgan fingerprint density at radius 3 is 1.71 bits per heavy atom. The zero-order valence-corrected chi connectivity index (χ0v) is 30.5. The second-order valence-corrected chi connectivity index (χ2v) is 18.9. The minimum Gasteiger partial charge on any atom is -0.405 e. The van der Waals surface area contributed by atoms with E-state index in [4.69, 9.17) is 13.9 Å². The van der Waals surface area contributed by atoms with Gasteiger partial charge < -0.3 is 19.2 Å². The highest BCUT2D eigenvalue weighted by Gasteiger charge is 2.52. The third-order valence-electron chi connectivity index (χ3n) is 9.25. The molecule has 1 amide bonds. The Kier molecular flexibility index (Phi) is 15.3. The van der Waals surface area contributed by atoms with E-state index in [9.17, 15) is 4.79 Å². The Labute approximate surface area is 276 Å². The first-order chi connectivity index (χ1) is 21.5. The summed E-state index contributed by atoms with van der Waals surface area (Å²) in [6.45, 7) is 15.0. The number of benzene rings is 2. The minimum absolute atomic E-state index is 0.0801. The third kappa shape index (κ3) is 11.3. The minimum atomic E-state index is -2.78. The van der Waals surface area contributed by atoms with Crippen LogP contribution >= 0.6 is 0 Å². The lowest BCUT2D eigenvalue weighted by Crippen LogP contribution is -2.68. The van der Waals surface area contributed by atoms with E-state index in [0.717, 1.165) is 12.8 Å². The van der Waals surface area contributed by atoms with Crippen LogP contribution in [0.25, 0.3) is 0 Å². The van der Waals surface area contributed by atoms with Gasteiger partial charge in [0.05, 0.1) is 18.8 Å². The number of rotatable bonds is 20. The Morgan fingerprint density at radius 1 is 0.800 bits per heavy atom. The molecule has 2 aromatic carbocycles. The van der Waals surface area contributed by atoms with Gasteiger partial charge in [0.15, 0.2) is 5.79 Å². The number of ether oxygens (including phenoxy) is 2. The second-order valence-electron chi connectivity index (χ2n) is 14.6. The highest BCUT2D eigenvalue weighted by Crippen LogP contribution is 2.38. The van der Waals surface area contributed by atoms with Crippen molar-refractivity contribution in [2.75, 3.05) is 6.61 Å². The van der Waals surface area contributed by atoms with Crippen LogP contribution in [0.5, 0.6) is 0 Å². The fraction of sp³-hybridized carbons (Fsp3) is 0.667. The van der Waals surface area contributed by atoms with Gasteiger partial charge in [0.2, 0.25) is 5.91 Å². The van der Waals surface area contributed by atoms with Gasteiger partial charge in [-0.05, 0) is 35.7 Å². The number of hydrogen-bond donors (Lipinski definition) is 1. The summed E-state index contributed by atoms with van der Waals surface area (Å²) < 4.78 is 20.3. The lowest BCUT2D eigenvalue weighted by molar-refractivity contribution is -0.150. The number of amides is 1. The van der Waals surface area contributed by atoms with Crippen molar-refractivity contribution in [1.29, 1.82) is 0 Å². The first kappa shape index (κ1) is 37.5. The van der Waals surface area contributed by atoms with Crippen LogP contribution < -0.4 is 15.7 Å². The van der Waals surface area contributed by atoms with E-state index >= 15 is 0 Å². The van der Waals surface area contributed by atoms with Crippen LogP contribution in [0.1, 0.15) is 132 Å². The Hall–Kier alpha value is -1.99. The Morgan fingerprint density at radius 2 is 1.27 bits per heavy atom. The molecular weight excluding hydrogens is 575 g/mol. The molecule has 45 heavy (non-hydrogen) atoms. The standard InChI is InChI=1S/C39H63NO4Si/c1-8-9-10-11-12-13-14-15-16-17-18-25-30-36-37(44-39(6,7)43-36)35(40-32(2)41)31-42-45(38(3,4)5,33-26-21-19-22-27-33)34-28-23-20-24-29-34/h19-24,26-29,35-37H,8-18,25,30-31H2,1-7H3,(H,40,41)/t35-,36+,37-/m0/s1. The fourth-order valence-corrected chi connectivity index (χ4v) is 11.7. The molecule has 5 nitrogen and oxygen atoms in total. The summed E-state index contributed by atoms with van der Waals surface area (Å²) in [7, 11) is -2.78.